The predicted octanol–water partition coefficient (Wildman–Crippen LogP) is 4.91. The Labute approximate surface area is 184 Å². The molecule has 4 atom stereocenters. The third-order valence-corrected chi connectivity index (χ3v) is 6.02. The standard InChI is InChI=1S/C25H48O5/c1-2-3-4-5-6-7-8-9-10-11-12-13-14-15-16-17-18-19-29-23-21-30-22(20-26)24(27)25(23)28/h16-17,22-28H,2-15,18-21H2,1H3/b17-16+/t22-,23+,24-,25-/m1/s1. The summed E-state index contributed by atoms with van der Waals surface area (Å²) in [7, 11) is 0. The maximum absolute atomic E-state index is 10.00. The van der Waals surface area contributed by atoms with Crippen molar-refractivity contribution in [3.63, 3.8) is 0 Å². The summed E-state index contributed by atoms with van der Waals surface area (Å²) in [6, 6.07) is 0. The Morgan fingerprint density at radius 3 is 1.87 bits per heavy atom. The highest BCUT2D eigenvalue weighted by molar-refractivity contribution is 4.88. The molecule has 0 aliphatic carbocycles. The number of allylic oxidation sites excluding steroid dienone is 1. The zero-order valence-corrected chi connectivity index (χ0v) is 19.4. The zero-order valence-electron chi connectivity index (χ0n) is 19.4. The summed E-state index contributed by atoms with van der Waals surface area (Å²) in [6.07, 6.45) is 20.9. The van der Waals surface area contributed by atoms with Gasteiger partial charge in [0.15, 0.2) is 0 Å². The molecule has 5 heteroatoms. The minimum Gasteiger partial charge on any atom is -0.394 e. The van der Waals surface area contributed by atoms with Gasteiger partial charge in [-0.1, -0.05) is 96.1 Å². The second-order valence-electron chi connectivity index (χ2n) is 8.74. The Kier molecular flexibility index (Phi) is 17.7. The summed E-state index contributed by atoms with van der Waals surface area (Å²) in [5.74, 6) is 0. The smallest absolute Gasteiger partial charge is 0.111 e. The van der Waals surface area contributed by atoms with Gasteiger partial charge >= 0.3 is 0 Å². The molecule has 1 aliphatic heterocycles. The van der Waals surface area contributed by atoms with Crippen LogP contribution in [0.3, 0.4) is 0 Å². The van der Waals surface area contributed by atoms with Crippen LogP contribution in [-0.4, -0.2) is 59.6 Å². The van der Waals surface area contributed by atoms with Crippen molar-refractivity contribution in [3.05, 3.63) is 12.2 Å². The average Bonchev–Trinajstić information content (AvgIpc) is 2.75. The second kappa shape index (κ2) is 19.2. The van der Waals surface area contributed by atoms with Gasteiger partial charge in [-0.3, -0.25) is 0 Å². The Morgan fingerprint density at radius 2 is 1.30 bits per heavy atom. The van der Waals surface area contributed by atoms with Crippen LogP contribution in [0.25, 0.3) is 0 Å². The van der Waals surface area contributed by atoms with Crippen LogP contribution in [-0.2, 0) is 9.47 Å². The van der Waals surface area contributed by atoms with Crippen molar-refractivity contribution in [2.75, 3.05) is 19.8 Å². The van der Waals surface area contributed by atoms with E-state index in [2.05, 4.69) is 19.1 Å². The third kappa shape index (κ3) is 13.1. The highest BCUT2D eigenvalue weighted by atomic mass is 16.6. The van der Waals surface area contributed by atoms with Gasteiger partial charge in [0.05, 0.1) is 19.8 Å². The van der Waals surface area contributed by atoms with Gasteiger partial charge in [-0.2, -0.15) is 0 Å². The molecule has 0 saturated carbocycles. The van der Waals surface area contributed by atoms with E-state index in [0.29, 0.717) is 6.61 Å². The molecule has 0 aromatic carbocycles. The van der Waals surface area contributed by atoms with Crippen LogP contribution in [0.4, 0.5) is 0 Å². The highest BCUT2D eigenvalue weighted by Gasteiger charge is 2.38. The first-order valence-electron chi connectivity index (χ1n) is 12.6. The Bertz CT molecular complexity index is 401. The molecular formula is C25H48O5. The molecule has 5 nitrogen and oxygen atoms in total. The minimum absolute atomic E-state index is 0.201. The van der Waals surface area contributed by atoms with E-state index < -0.39 is 24.4 Å². The van der Waals surface area contributed by atoms with E-state index in [1.165, 1.54) is 83.5 Å². The number of ether oxygens (including phenoxy) is 2. The number of hydrogen-bond acceptors (Lipinski definition) is 5. The number of unbranched alkanes of at least 4 members (excludes halogenated alkanes) is 13. The van der Waals surface area contributed by atoms with Crippen LogP contribution in [0.2, 0.25) is 0 Å². The summed E-state index contributed by atoms with van der Waals surface area (Å²) in [5, 5.41) is 28.9. The first-order chi connectivity index (χ1) is 14.7. The van der Waals surface area contributed by atoms with Crippen molar-refractivity contribution in [3.8, 4) is 0 Å². The van der Waals surface area contributed by atoms with Gasteiger partial charge < -0.3 is 24.8 Å². The lowest BCUT2D eigenvalue weighted by molar-refractivity contribution is -0.208. The van der Waals surface area contributed by atoms with E-state index in [-0.39, 0.29) is 13.2 Å². The van der Waals surface area contributed by atoms with Crippen molar-refractivity contribution in [1.29, 1.82) is 0 Å². The molecule has 30 heavy (non-hydrogen) atoms. The van der Waals surface area contributed by atoms with E-state index >= 15 is 0 Å². The van der Waals surface area contributed by atoms with Gasteiger partial charge in [0, 0.05) is 0 Å². The molecule has 1 rings (SSSR count). The van der Waals surface area contributed by atoms with Gasteiger partial charge in [-0.15, -0.1) is 0 Å². The molecular weight excluding hydrogens is 380 g/mol. The Hall–Kier alpha value is -0.460. The van der Waals surface area contributed by atoms with Crippen LogP contribution in [0, 0.1) is 0 Å². The predicted molar refractivity (Wildman–Crippen MR) is 123 cm³/mol. The number of aliphatic hydroxyl groups is 3. The first kappa shape index (κ1) is 27.6. The van der Waals surface area contributed by atoms with E-state index in [4.69, 9.17) is 14.6 Å². The molecule has 0 spiro atoms. The van der Waals surface area contributed by atoms with E-state index in [1.54, 1.807) is 0 Å². The zero-order chi connectivity index (χ0) is 21.9. The molecule has 0 radical (unpaired) electrons. The molecule has 0 bridgehead atoms. The molecule has 0 unspecified atom stereocenters. The van der Waals surface area contributed by atoms with Crippen molar-refractivity contribution in [1.82, 2.24) is 0 Å². The maximum Gasteiger partial charge on any atom is 0.111 e. The summed E-state index contributed by atoms with van der Waals surface area (Å²) >= 11 is 0. The summed E-state index contributed by atoms with van der Waals surface area (Å²) in [4.78, 5) is 0. The fourth-order valence-corrected chi connectivity index (χ4v) is 3.97. The van der Waals surface area contributed by atoms with Crippen LogP contribution in [0.15, 0.2) is 12.2 Å². The Balaban J connectivity index is 1.83. The maximum atomic E-state index is 10.00. The molecule has 178 valence electrons. The molecule has 1 aliphatic rings. The lowest BCUT2D eigenvalue weighted by Gasteiger charge is -2.36. The highest BCUT2D eigenvalue weighted by Crippen LogP contribution is 2.18. The minimum atomic E-state index is -1.10. The molecule has 1 heterocycles. The van der Waals surface area contributed by atoms with E-state index in [0.717, 1.165) is 12.8 Å². The van der Waals surface area contributed by atoms with Crippen LogP contribution in [0.1, 0.15) is 103 Å². The summed E-state index contributed by atoms with van der Waals surface area (Å²) in [5.41, 5.74) is 0. The van der Waals surface area contributed by atoms with Gasteiger partial charge in [0.25, 0.3) is 0 Å². The lowest BCUT2D eigenvalue weighted by Crippen LogP contribution is -2.55. The third-order valence-electron chi connectivity index (χ3n) is 6.02. The van der Waals surface area contributed by atoms with Crippen LogP contribution >= 0.6 is 0 Å². The van der Waals surface area contributed by atoms with Crippen molar-refractivity contribution in [2.45, 2.75) is 128 Å². The van der Waals surface area contributed by atoms with Crippen molar-refractivity contribution < 1.29 is 24.8 Å². The van der Waals surface area contributed by atoms with Crippen molar-refractivity contribution in [2.24, 2.45) is 0 Å². The summed E-state index contributed by atoms with van der Waals surface area (Å²) in [6.45, 7) is 2.67. The van der Waals surface area contributed by atoms with E-state index in [9.17, 15) is 10.2 Å². The van der Waals surface area contributed by atoms with Crippen LogP contribution < -0.4 is 0 Å². The van der Waals surface area contributed by atoms with Gasteiger partial charge in [-0.05, 0) is 19.3 Å². The van der Waals surface area contributed by atoms with E-state index in [1.807, 2.05) is 0 Å². The SMILES string of the molecule is CCCCCCCCCCCCCCC/C=C/CCO[C@H]1CO[C@H](CO)[C@@H](O)[C@@H]1O. The molecule has 1 saturated heterocycles. The number of rotatable bonds is 19. The quantitative estimate of drug-likeness (QED) is 0.201. The molecule has 0 aromatic rings. The number of hydrogen-bond donors (Lipinski definition) is 3. The fraction of sp³-hybridized carbons (Fsp3) is 0.920. The average molecular weight is 429 g/mol. The molecule has 3 N–H and O–H groups in total. The topological polar surface area (TPSA) is 79.2 Å². The van der Waals surface area contributed by atoms with Crippen LogP contribution in [0.5, 0.6) is 0 Å². The van der Waals surface area contributed by atoms with Crippen molar-refractivity contribution >= 4 is 0 Å². The Morgan fingerprint density at radius 1 is 0.767 bits per heavy atom. The van der Waals surface area contributed by atoms with Gasteiger partial charge in [0.2, 0.25) is 0 Å². The normalized spacial score (nSPS) is 24.7. The molecule has 0 amide bonds. The monoisotopic (exact) mass is 428 g/mol. The fourth-order valence-electron chi connectivity index (χ4n) is 3.97. The lowest BCUT2D eigenvalue weighted by atomic mass is 10.0. The molecule has 0 aromatic heterocycles. The van der Waals surface area contributed by atoms with Gasteiger partial charge in [0.1, 0.15) is 24.4 Å². The second-order valence-corrected chi connectivity index (χ2v) is 8.74. The van der Waals surface area contributed by atoms with Gasteiger partial charge in [-0.25, -0.2) is 0 Å². The first-order valence-corrected chi connectivity index (χ1v) is 12.6. The molecule has 1 fully saturated rings. The largest absolute Gasteiger partial charge is 0.394 e. The number of aliphatic hydroxyl groups excluding tert-OH is 3. The summed E-state index contributed by atoms with van der Waals surface area (Å²) < 4.78 is 10.9.